The molecule has 2 heterocycles. The Hall–Kier alpha value is -2.59. The summed E-state index contributed by atoms with van der Waals surface area (Å²) in [5.41, 5.74) is 4.16. The van der Waals surface area contributed by atoms with Crippen molar-refractivity contribution in [2.75, 3.05) is 7.11 Å². The van der Waals surface area contributed by atoms with E-state index in [-0.39, 0.29) is 5.56 Å². The van der Waals surface area contributed by atoms with Crippen LogP contribution in [-0.4, -0.2) is 29.2 Å². The molecule has 0 saturated heterocycles. The minimum Gasteiger partial charge on any atom is -0.726 e. The topological polar surface area (TPSA) is 93.4 Å². The van der Waals surface area contributed by atoms with Gasteiger partial charge in [0.2, 0.25) is 10.4 Å². The fraction of sp³-hybridized carbons (Fsp3) is 0.158. The van der Waals surface area contributed by atoms with E-state index in [9.17, 15) is 17.8 Å². The lowest BCUT2D eigenvalue weighted by molar-refractivity contribution is 0.314. The molecule has 0 N–H and O–H groups in total. The second kappa shape index (κ2) is 7.80. The molecule has 9 heteroatoms. The molecular formula is C19H18N2O5S2. The van der Waals surface area contributed by atoms with Crippen molar-refractivity contribution in [1.82, 2.24) is 9.13 Å². The summed E-state index contributed by atoms with van der Waals surface area (Å²) in [4.78, 5) is 13.8. The zero-order valence-electron chi connectivity index (χ0n) is 15.4. The molecule has 2 aliphatic heterocycles. The summed E-state index contributed by atoms with van der Waals surface area (Å²) in [5.74, 6) is 0. The number of benzene rings is 2. The van der Waals surface area contributed by atoms with Crippen LogP contribution in [0.5, 0.6) is 0 Å². The summed E-state index contributed by atoms with van der Waals surface area (Å²) in [6, 6.07) is 17.9. The summed E-state index contributed by atoms with van der Waals surface area (Å²) < 4.78 is 35.0. The summed E-state index contributed by atoms with van der Waals surface area (Å²) in [6.45, 7) is 2.06. The van der Waals surface area contributed by atoms with Gasteiger partial charge in [-0.3, -0.25) is 8.98 Å². The van der Waals surface area contributed by atoms with Crippen molar-refractivity contribution >= 4 is 32.8 Å². The molecule has 2 aromatic rings. The molecule has 146 valence electrons. The number of aryl methyl sites for hydroxylation is 1. The third kappa shape index (κ3) is 3.83. The van der Waals surface area contributed by atoms with Crippen LogP contribution in [0.3, 0.4) is 0 Å². The Morgan fingerprint density at radius 1 is 1.00 bits per heavy atom. The number of fused-ring (bicyclic) bond motifs is 3. The number of hydrogen-bond acceptors (Lipinski definition) is 5. The van der Waals surface area contributed by atoms with E-state index in [4.69, 9.17) is 0 Å². The highest BCUT2D eigenvalue weighted by Gasteiger charge is 2.32. The monoisotopic (exact) mass is 418 g/mol. The van der Waals surface area contributed by atoms with E-state index in [1.807, 2.05) is 66.2 Å². The zero-order chi connectivity index (χ0) is 20.5. The van der Waals surface area contributed by atoms with Gasteiger partial charge in [0.15, 0.2) is 0 Å². The average Bonchev–Trinajstić information content (AvgIpc) is 3.04. The van der Waals surface area contributed by atoms with Crippen LogP contribution in [0.15, 0.2) is 59.4 Å². The van der Waals surface area contributed by atoms with Gasteiger partial charge in [-0.1, -0.05) is 30.3 Å². The molecule has 0 radical (unpaired) electrons. The van der Waals surface area contributed by atoms with Crippen molar-refractivity contribution < 1.29 is 17.2 Å². The average molecular weight is 418 g/mol. The van der Waals surface area contributed by atoms with Gasteiger partial charge in [-0.05, 0) is 31.2 Å². The van der Waals surface area contributed by atoms with E-state index in [2.05, 4.69) is 15.7 Å². The second-order valence-corrected chi connectivity index (χ2v) is 8.10. The van der Waals surface area contributed by atoms with E-state index < -0.39 is 10.4 Å². The summed E-state index contributed by atoms with van der Waals surface area (Å²) in [7, 11) is -1.56. The van der Waals surface area contributed by atoms with Gasteiger partial charge in [0.05, 0.1) is 18.1 Å². The molecule has 0 saturated carbocycles. The van der Waals surface area contributed by atoms with Crippen LogP contribution in [0.2, 0.25) is 0 Å². The van der Waals surface area contributed by atoms with Crippen molar-refractivity contribution in [1.29, 1.82) is 0 Å². The molecule has 0 atom stereocenters. The largest absolute Gasteiger partial charge is 0.726 e. The minimum absolute atomic E-state index is 0.0612. The van der Waals surface area contributed by atoms with Crippen LogP contribution in [0.25, 0.3) is 26.5 Å². The number of rotatable bonds is 2. The summed E-state index contributed by atoms with van der Waals surface area (Å²) >= 11 is 1.56. The maximum Gasteiger partial charge on any atom is 0.332 e. The second-order valence-electron chi connectivity index (χ2n) is 5.95. The van der Waals surface area contributed by atoms with Crippen molar-refractivity contribution in [2.45, 2.75) is 6.92 Å². The third-order valence-electron chi connectivity index (χ3n) is 4.34. The van der Waals surface area contributed by atoms with Crippen LogP contribution < -0.4 is 5.56 Å². The lowest BCUT2D eigenvalue weighted by Crippen LogP contribution is -2.18. The fourth-order valence-corrected chi connectivity index (χ4v) is 4.05. The molecular weight excluding hydrogens is 400 g/mol. The Morgan fingerprint density at radius 3 is 2.11 bits per heavy atom. The Morgan fingerprint density at radius 2 is 1.54 bits per heavy atom. The Labute approximate surface area is 166 Å². The van der Waals surface area contributed by atoms with Crippen LogP contribution in [0.1, 0.15) is 5.69 Å². The predicted octanol–water partition coefficient (Wildman–Crippen LogP) is 3.18. The van der Waals surface area contributed by atoms with Gasteiger partial charge >= 0.3 is 15.4 Å². The fourth-order valence-electron chi connectivity index (χ4n) is 2.87. The van der Waals surface area contributed by atoms with Crippen LogP contribution in [0.4, 0.5) is 0 Å². The lowest BCUT2D eigenvalue weighted by Gasteiger charge is -2.12. The number of nitrogens with zero attached hydrogens (tertiary/aromatic N) is 2. The van der Waals surface area contributed by atoms with Gasteiger partial charge in [0.25, 0.3) is 11.3 Å². The van der Waals surface area contributed by atoms with E-state index >= 15 is 0 Å². The minimum atomic E-state index is -4.41. The molecule has 0 spiro atoms. The highest BCUT2D eigenvalue weighted by Crippen LogP contribution is 2.32. The normalized spacial score (nSPS) is 11.4. The first-order valence-electron chi connectivity index (χ1n) is 8.24. The first kappa shape index (κ1) is 20.2. The first-order valence-corrected chi connectivity index (χ1v) is 10.4. The molecule has 0 aromatic heterocycles. The number of aromatic nitrogens is 2. The third-order valence-corrected chi connectivity index (χ3v) is 6.03. The predicted molar refractivity (Wildman–Crippen MR) is 109 cm³/mol. The molecule has 0 unspecified atom stereocenters. The maximum absolute atomic E-state index is 13.0. The highest BCUT2D eigenvalue weighted by molar-refractivity contribution is 7.80. The summed E-state index contributed by atoms with van der Waals surface area (Å²) in [6.07, 6.45) is 0. The summed E-state index contributed by atoms with van der Waals surface area (Å²) in [5, 5.41) is 1.00. The van der Waals surface area contributed by atoms with Crippen molar-refractivity contribution in [3.63, 3.8) is 0 Å². The highest BCUT2D eigenvalue weighted by atomic mass is 32.3. The molecule has 7 nitrogen and oxygen atoms in total. The van der Waals surface area contributed by atoms with Gasteiger partial charge in [0.1, 0.15) is 5.69 Å². The SMILES string of the molecule is COS(=O)(=O)[O-].Cc1c2[s+]c(-c3ccccc3)c(=O)n-2c2ccccc2n1C. The Kier molecular flexibility index (Phi) is 5.61. The van der Waals surface area contributed by atoms with Crippen LogP contribution >= 0.6 is 11.3 Å². The van der Waals surface area contributed by atoms with E-state index in [0.29, 0.717) is 0 Å². The number of thiazole rings is 1. The van der Waals surface area contributed by atoms with Crippen molar-refractivity contribution in [3.8, 4) is 15.4 Å². The first-order chi connectivity index (χ1) is 13.2. The van der Waals surface area contributed by atoms with Crippen molar-refractivity contribution in [3.05, 3.63) is 70.6 Å². The molecule has 0 amide bonds. The zero-order valence-corrected chi connectivity index (χ0v) is 17.1. The molecule has 28 heavy (non-hydrogen) atoms. The van der Waals surface area contributed by atoms with E-state index in [0.717, 1.165) is 39.3 Å². The Balaban J connectivity index is 0.000000330. The maximum atomic E-state index is 13.0. The quantitative estimate of drug-likeness (QED) is 0.283. The van der Waals surface area contributed by atoms with Crippen LogP contribution in [-0.2, 0) is 21.6 Å². The van der Waals surface area contributed by atoms with Gasteiger partial charge < -0.3 is 9.12 Å². The van der Waals surface area contributed by atoms with Gasteiger partial charge in [-0.15, -0.1) is 0 Å². The van der Waals surface area contributed by atoms with Gasteiger partial charge in [0, 0.05) is 12.6 Å². The Bertz CT molecular complexity index is 1260. The number of hydrogen-bond donors (Lipinski definition) is 0. The standard InChI is InChI=1S/C18H15N2OS.CH4O4S/c1-12-18-20(15-11-7-6-10-14(15)19(12)2)17(21)16(22-18)13-8-4-3-5-9-13;1-5-6(2,3)4/h3-11H,1-2H3;1H3,(H,2,3,4)/q+1;/p-1. The lowest BCUT2D eigenvalue weighted by atomic mass is 10.2. The molecule has 0 aliphatic carbocycles. The number of para-hydroxylation sites is 2. The molecule has 2 aromatic carbocycles. The van der Waals surface area contributed by atoms with Gasteiger partial charge in [-0.2, -0.15) is 0 Å². The van der Waals surface area contributed by atoms with Crippen LogP contribution in [0, 0.1) is 6.92 Å². The smallest absolute Gasteiger partial charge is 0.332 e. The molecule has 0 fully saturated rings. The van der Waals surface area contributed by atoms with Gasteiger partial charge in [-0.25, -0.2) is 13.0 Å². The molecule has 2 aliphatic rings. The van der Waals surface area contributed by atoms with Crippen molar-refractivity contribution in [2.24, 2.45) is 7.05 Å². The molecule has 0 bridgehead atoms. The molecule has 4 rings (SSSR count). The van der Waals surface area contributed by atoms with E-state index in [1.54, 1.807) is 11.3 Å². The van der Waals surface area contributed by atoms with E-state index in [1.165, 1.54) is 0 Å².